The van der Waals surface area contributed by atoms with Gasteiger partial charge < -0.3 is 10.1 Å². The van der Waals surface area contributed by atoms with Crippen LogP contribution in [-0.4, -0.2) is 25.8 Å². The molecule has 70 valence electrons. The van der Waals surface area contributed by atoms with Crippen LogP contribution in [0, 0.1) is 0 Å². The summed E-state index contributed by atoms with van der Waals surface area (Å²) in [6.45, 7) is 6.04. The van der Waals surface area contributed by atoms with Gasteiger partial charge in [-0.1, -0.05) is 12.2 Å². The molecule has 1 saturated carbocycles. The van der Waals surface area contributed by atoms with Gasteiger partial charge in [-0.3, -0.25) is 0 Å². The zero-order valence-corrected chi connectivity index (χ0v) is 8.31. The van der Waals surface area contributed by atoms with Crippen LogP contribution in [0.3, 0.4) is 0 Å². The summed E-state index contributed by atoms with van der Waals surface area (Å²) in [5, 5.41) is 3.27. The predicted octanol–water partition coefficient (Wildman–Crippen LogP) is 1.72. The molecule has 0 heterocycles. The van der Waals surface area contributed by atoms with E-state index in [4.69, 9.17) is 4.74 Å². The molecule has 0 aliphatic heterocycles. The molecule has 1 unspecified atom stereocenters. The fourth-order valence-corrected chi connectivity index (χ4v) is 2.09. The molecule has 1 aliphatic rings. The zero-order chi connectivity index (χ0) is 9.19. The Morgan fingerprint density at radius 1 is 1.58 bits per heavy atom. The van der Waals surface area contributed by atoms with E-state index in [0.717, 1.165) is 12.8 Å². The standard InChI is InChI=1S/C10H19NO/c1-8(2)9(11-3)10(12-4)6-5-7-10/h9,11H,1,5-7H2,2-4H3. The molecular formula is C10H19NO. The van der Waals surface area contributed by atoms with Crippen LogP contribution in [0.2, 0.25) is 0 Å². The van der Waals surface area contributed by atoms with E-state index < -0.39 is 0 Å². The number of hydrogen-bond donors (Lipinski definition) is 1. The smallest absolute Gasteiger partial charge is 0.0869 e. The molecular weight excluding hydrogens is 150 g/mol. The van der Waals surface area contributed by atoms with Crippen molar-refractivity contribution in [3.8, 4) is 0 Å². The highest BCUT2D eigenvalue weighted by Crippen LogP contribution is 2.39. The minimum absolute atomic E-state index is 0.0422. The minimum Gasteiger partial charge on any atom is -0.376 e. The summed E-state index contributed by atoms with van der Waals surface area (Å²) in [5.74, 6) is 0. The molecule has 0 spiro atoms. The van der Waals surface area contributed by atoms with Crippen LogP contribution < -0.4 is 5.32 Å². The topological polar surface area (TPSA) is 21.3 Å². The molecule has 0 aromatic heterocycles. The number of hydrogen-bond acceptors (Lipinski definition) is 2. The second kappa shape index (κ2) is 3.58. The summed E-state index contributed by atoms with van der Waals surface area (Å²) >= 11 is 0. The molecule has 0 radical (unpaired) electrons. The Morgan fingerprint density at radius 3 is 2.25 bits per heavy atom. The molecule has 1 atom stereocenters. The molecule has 0 saturated heterocycles. The Bertz CT molecular complexity index is 167. The molecule has 2 nitrogen and oxygen atoms in total. The van der Waals surface area contributed by atoms with Gasteiger partial charge in [0.05, 0.1) is 11.6 Å². The van der Waals surface area contributed by atoms with Crippen molar-refractivity contribution in [2.24, 2.45) is 0 Å². The molecule has 1 fully saturated rings. The maximum absolute atomic E-state index is 5.56. The molecule has 2 heteroatoms. The highest BCUT2D eigenvalue weighted by Gasteiger charge is 2.43. The molecule has 0 aromatic rings. The van der Waals surface area contributed by atoms with Crippen LogP contribution >= 0.6 is 0 Å². The molecule has 1 aliphatic carbocycles. The van der Waals surface area contributed by atoms with Crippen molar-refractivity contribution in [1.82, 2.24) is 5.32 Å². The highest BCUT2D eigenvalue weighted by atomic mass is 16.5. The Hall–Kier alpha value is -0.340. The van der Waals surface area contributed by atoms with Crippen molar-refractivity contribution in [2.75, 3.05) is 14.2 Å². The van der Waals surface area contributed by atoms with Crippen molar-refractivity contribution >= 4 is 0 Å². The quantitative estimate of drug-likeness (QED) is 0.647. The summed E-state index contributed by atoms with van der Waals surface area (Å²) in [6.07, 6.45) is 3.59. The van der Waals surface area contributed by atoms with E-state index >= 15 is 0 Å². The molecule has 1 rings (SSSR count). The average molecular weight is 169 g/mol. The Labute approximate surface area is 75.0 Å². The SMILES string of the molecule is C=C(C)C(NC)C1(OC)CCC1. The molecule has 1 N–H and O–H groups in total. The van der Waals surface area contributed by atoms with E-state index in [2.05, 4.69) is 18.8 Å². The largest absolute Gasteiger partial charge is 0.376 e. The summed E-state index contributed by atoms with van der Waals surface area (Å²) in [4.78, 5) is 0. The lowest BCUT2D eigenvalue weighted by molar-refractivity contribution is -0.0883. The van der Waals surface area contributed by atoms with Crippen LogP contribution in [0.15, 0.2) is 12.2 Å². The van der Waals surface area contributed by atoms with Gasteiger partial charge in [0.1, 0.15) is 0 Å². The predicted molar refractivity (Wildman–Crippen MR) is 51.3 cm³/mol. The summed E-state index contributed by atoms with van der Waals surface area (Å²) in [5.41, 5.74) is 1.21. The molecule has 0 amide bonds. The lowest BCUT2D eigenvalue weighted by Gasteiger charge is -2.46. The van der Waals surface area contributed by atoms with Crippen molar-refractivity contribution in [1.29, 1.82) is 0 Å². The first-order valence-electron chi connectivity index (χ1n) is 4.54. The number of ether oxygens (including phenoxy) is 1. The van der Waals surface area contributed by atoms with Gasteiger partial charge >= 0.3 is 0 Å². The first kappa shape index (κ1) is 9.75. The van der Waals surface area contributed by atoms with Gasteiger partial charge in [-0.2, -0.15) is 0 Å². The van der Waals surface area contributed by atoms with E-state index in [1.54, 1.807) is 7.11 Å². The Balaban J connectivity index is 2.68. The van der Waals surface area contributed by atoms with Crippen LogP contribution in [0.4, 0.5) is 0 Å². The van der Waals surface area contributed by atoms with Crippen LogP contribution in [0.1, 0.15) is 26.2 Å². The fraction of sp³-hybridized carbons (Fsp3) is 0.800. The lowest BCUT2D eigenvalue weighted by Crippen LogP contribution is -2.55. The molecule has 0 bridgehead atoms. The summed E-state index contributed by atoms with van der Waals surface area (Å²) in [6, 6.07) is 0.316. The first-order valence-corrected chi connectivity index (χ1v) is 4.54. The highest BCUT2D eigenvalue weighted by molar-refractivity contribution is 5.14. The van der Waals surface area contributed by atoms with E-state index in [1.807, 2.05) is 7.05 Å². The second-order valence-electron chi connectivity index (χ2n) is 3.69. The fourth-order valence-electron chi connectivity index (χ4n) is 2.09. The van der Waals surface area contributed by atoms with Gasteiger partial charge in [-0.05, 0) is 33.2 Å². The number of methoxy groups -OCH3 is 1. The number of rotatable bonds is 4. The van der Waals surface area contributed by atoms with Crippen molar-refractivity contribution < 1.29 is 4.74 Å². The van der Waals surface area contributed by atoms with Crippen molar-refractivity contribution in [3.63, 3.8) is 0 Å². The average Bonchev–Trinajstić information content (AvgIpc) is 1.95. The Kier molecular flexibility index (Phi) is 2.91. The lowest BCUT2D eigenvalue weighted by atomic mass is 9.72. The number of likely N-dealkylation sites (N-methyl/N-ethyl adjacent to an activating group) is 1. The van der Waals surface area contributed by atoms with Crippen LogP contribution in [0.5, 0.6) is 0 Å². The third kappa shape index (κ3) is 1.41. The van der Waals surface area contributed by atoms with E-state index in [1.165, 1.54) is 12.0 Å². The minimum atomic E-state index is 0.0422. The first-order chi connectivity index (χ1) is 5.66. The summed E-state index contributed by atoms with van der Waals surface area (Å²) < 4.78 is 5.56. The maximum atomic E-state index is 5.56. The van der Waals surface area contributed by atoms with Crippen LogP contribution in [-0.2, 0) is 4.74 Å². The van der Waals surface area contributed by atoms with Crippen LogP contribution in [0.25, 0.3) is 0 Å². The molecule has 0 aromatic carbocycles. The monoisotopic (exact) mass is 169 g/mol. The third-order valence-electron chi connectivity index (χ3n) is 2.91. The van der Waals surface area contributed by atoms with Crippen molar-refractivity contribution in [3.05, 3.63) is 12.2 Å². The van der Waals surface area contributed by atoms with Gasteiger partial charge in [-0.15, -0.1) is 0 Å². The normalized spacial score (nSPS) is 22.9. The van der Waals surface area contributed by atoms with Crippen molar-refractivity contribution in [2.45, 2.75) is 37.8 Å². The van der Waals surface area contributed by atoms with Gasteiger partial charge in [-0.25, -0.2) is 0 Å². The van der Waals surface area contributed by atoms with E-state index in [9.17, 15) is 0 Å². The van der Waals surface area contributed by atoms with E-state index in [0.29, 0.717) is 6.04 Å². The van der Waals surface area contributed by atoms with Gasteiger partial charge in [0, 0.05) is 7.11 Å². The van der Waals surface area contributed by atoms with Gasteiger partial charge in [0.15, 0.2) is 0 Å². The third-order valence-corrected chi connectivity index (χ3v) is 2.91. The molecule has 12 heavy (non-hydrogen) atoms. The Morgan fingerprint density at radius 2 is 2.17 bits per heavy atom. The zero-order valence-electron chi connectivity index (χ0n) is 8.31. The number of nitrogens with one attached hydrogen (secondary N) is 1. The van der Waals surface area contributed by atoms with E-state index in [-0.39, 0.29) is 5.60 Å². The van der Waals surface area contributed by atoms with Gasteiger partial charge in [0.2, 0.25) is 0 Å². The summed E-state index contributed by atoms with van der Waals surface area (Å²) in [7, 11) is 3.77. The second-order valence-corrected chi connectivity index (χ2v) is 3.69. The van der Waals surface area contributed by atoms with Gasteiger partial charge in [0.25, 0.3) is 0 Å². The maximum Gasteiger partial charge on any atom is 0.0869 e.